The Kier molecular flexibility index (Phi) is 18.2. The van der Waals surface area contributed by atoms with Crippen LogP contribution in [0.15, 0.2) is 0 Å². The average Bonchev–Trinajstić information content (AvgIpc) is 2.47. The highest BCUT2D eigenvalue weighted by molar-refractivity contribution is 5.98. The maximum absolute atomic E-state index is 10.3. The first-order valence-electron chi connectivity index (χ1n) is 4.82. The highest BCUT2D eigenvalue weighted by Crippen LogP contribution is 1.85. The summed E-state index contributed by atoms with van der Waals surface area (Å²) in [6.07, 6.45) is -1.76. The van der Waals surface area contributed by atoms with Gasteiger partial charge in [-0.3, -0.25) is 0 Å². The summed E-state index contributed by atoms with van der Waals surface area (Å²) in [5.74, 6) is 0. The summed E-state index contributed by atoms with van der Waals surface area (Å²) < 4.78 is 33.6. The molecule has 0 saturated heterocycles. The van der Waals surface area contributed by atoms with Crippen molar-refractivity contribution < 1.29 is 47.3 Å². The summed E-state index contributed by atoms with van der Waals surface area (Å²) >= 11 is 0. The van der Waals surface area contributed by atoms with Crippen molar-refractivity contribution in [1.82, 2.24) is 0 Å². The third-order valence-corrected chi connectivity index (χ3v) is 1.08. The molecule has 0 aliphatic heterocycles. The lowest BCUT2D eigenvalue weighted by atomic mass is 10.6. The van der Waals surface area contributed by atoms with Gasteiger partial charge < -0.3 is 37.7 Å². The van der Waals surface area contributed by atoms with Crippen molar-refractivity contribution in [1.29, 1.82) is 0 Å². The Labute approximate surface area is 118 Å². The molecule has 0 fully saturated rings. The summed E-state index contributed by atoms with van der Waals surface area (Å²) in [6.45, 7) is -0.960. The number of ether oxygens (including phenoxy) is 6. The summed E-state index contributed by atoms with van der Waals surface area (Å²) in [7, 11) is 11.8. The van der Waals surface area contributed by atoms with Crippen molar-refractivity contribution in [3.05, 3.63) is 0 Å². The largest absolute Gasteiger partial charge is 0.512 e. The molecule has 0 bridgehead atoms. The number of methoxy groups -OCH3 is 2. The van der Waals surface area contributed by atoms with Crippen LogP contribution in [0.5, 0.6) is 0 Å². The number of carbonyl (C=O) groups excluding carboxylic acids is 2. The monoisotopic (exact) mass is 292 g/mol. The van der Waals surface area contributed by atoms with Crippen molar-refractivity contribution in [3.63, 3.8) is 0 Å². The van der Waals surface area contributed by atoms with Crippen molar-refractivity contribution in [3.8, 4) is 0 Å². The van der Waals surface area contributed by atoms with Crippen molar-refractivity contribution in [2.45, 2.75) is 0 Å². The third kappa shape index (κ3) is 18.9. The van der Waals surface area contributed by atoms with E-state index in [1.54, 1.807) is 0 Å². The Morgan fingerprint density at radius 1 is 0.700 bits per heavy atom. The molecule has 20 heavy (non-hydrogen) atoms. The normalized spacial score (nSPS) is 8.90. The van der Waals surface area contributed by atoms with E-state index in [1.807, 2.05) is 0 Å². The van der Waals surface area contributed by atoms with Gasteiger partial charge in [0.15, 0.2) is 27.2 Å². The van der Waals surface area contributed by atoms with Crippen LogP contribution in [-0.4, -0.2) is 69.8 Å². The first-order chi connectivity index (χ1) is 9.62. The van der Waals surface area contributed by atoms with Crippen LogP contribution in [0.4, 0.5) is 9.59 Å². The van der Waals surface area contributed by atoms with Crippen molar-refractivity contribution >= 4 is 28.4 Å². The van der Waals surface area contributed by atoms with Crippen LogP contribution in [0.3, 0.4) is 0 Å². The van der Waals surface area contributed by atoms with Crippen LogP contribution in [0.2, 0.25) is 0 Å². The fraction of sp³-hybridized carbons (Fsp3) is 0.750. The highest BCUT2D eigenvalue weighted by atomic mass is 16.8. The number of carbonyl (C=O) groups is 2. The van der Waals surface area contributed by atoms with Gasteiger partial charge in [-0.2, -0.15) is 0 Å². The van der Waals surface area contributed by atoms with E-state index in [2.05, 4.69) is 53.8 Å². The maximum atomic E-state index is 10.3. The van der Waals surface area contributed by atoms with Gasteiger partial charge in [0.25, 0.3) is 16.1 Å². The minimum absolute atomic E-state index is 0.149. The molecule has 0 unspecified atom stereocenters. The van der Waals surface area contributed by atoms with E-state index in [9.17, 15) is 9.59 Å². The third-order valence-electron chi connectivity index (χ3n) is 1.08. The fourth-order valence-electron chi connectivity index (χ4n) is 0.462. The molecule has 0 rings (SSSR count). The minimum Gasteiger partial charge on any atom is -0.418 e. The van der Waals surface area contributed by atoms with Crippen LogP contribution in [-0.2, 0) is 37.7 Å². The molecule has 0 spiro atoms. The zero-order valence-electron chi connectivity index (χ0n) is 11.1. The molecule has 0 atom stereocenters. The minimum atomic E-state index is -0.882. The SMILES string of the molecule is [B]OCOC(=O)OCOC.[B]OCOC(=O)OCOC. The molecule has 0 aromatic heterocycles. The molecule has 10 nitrogen and oxygen atoms in total. The van der Waals surface area contributed by atoms with E-state index in [4.69, 9.17) is 0 Å². The molecule has 0 aliphatic rings. The Bertz CT molecular complexity index is 195. The van der Waals surface area contributed by atoms with Gasteiger partial charge in [-0.1, -0.05) is 0 Å². The Hall–Kier alpha value is -1.49. The molecule has 12 heteroatoms. The molecule has 0 saturated carbocycles. The van der Waals surface area contributed by atoms with Crippen molar-refractivity contribution in [2.24, 2.45) is 0 Å². The van der Waals surface area contributed by atoms with Gasteiger partial charge in [0, 0.05) is 14.2 Å². The second kappa shape index (κ2) is 17.5. The Balaban J connectivity index is 0. The molecule has 0 heterocycles. The molecule has 0 amide bonds. The molecule has 4 radical (unpaired) electrons. The Morgan fingerprint density at radius 3 is 1.25 bits per heavy atom. The van der Waals surface area contributed by atoms with Crippen LogP contribution in [0.25, 0.3) is 0 Å². The van der Waals surface area contributed by atoms with Crippen LogP contribution >= 0.6 is 0 Å². The molecule has 0 aromatic carbocycles. The van der Waals surface area contributed by atoms with Gasteiger partial charge in [0.2, 0.25) is 0 Å². The standard InChI is InChI=1S/2C4H7BO5/c2*1-7-2-8-4(6)9-3-10-5/h2*2-3H2,1H3. The second-order valence-electron chi connectivity index (χ2n) is 2.46. The predicted octanol–water partition coefficient (Wildman–Crippen LogP) is -0.398. The molecule has 0 N–H and O–H groups in total. The lowest BCUT2D eigenvalue weighted by Gasteiger charge is -2.02. The average molecular weight is 292 g/mol. The van der Waals surface area contributed by atoms with Crippen LogP contribution in [0.1, 0.15) is 0 Å². The van der Waals surface area contributed by atoms with E-state index in [0.717, 1.165) is 0 Å². The molecule has 0 aromatic rings. The lowest BCUT2D eigenvalue weighted by Crippen LogP contribution is -2.10. The zero-order valence-corrected chi connectivity index (χ0v) is 11.1. The molecule has 0 aliphatic carbocycles. The summed E-state index contributed by atoms with van der Waals surface area (Å²) in [6, 6.07) is 0. The smallest absolute Gasteiger partial charge is 0.418 e. The quantitative estimate of drug-likeness (QED) is 0.333. The maximum Gasteiger partial charge on any atom is 0.512 e. The lowest BCUT2D eigenvalue weighted by molar-refractivity contribution is -0.0463. The van der Waals surface area contributed by atoms with E-state index in [-0.39, 0.29) is 27.2 Å². The van der Waals surface area contributed by atoms with Gasteiger partial charge in [-0.15, -0.1) is 0 Å². The zero-order chi connectivity index (χ0) is 15.6. The Morgan fingerprint density at radius 2 is 1.00 bits per heavy atom. The fourth-order valence-corrected chi connectivity index (χ4v) is 0.462. The van der Waals surface area contributed by atoms with Gasteiger partial charge in [-0.05, 0) is 0 Å². The highest BCUT2D eigenvalue weighted by Gasteiger charge is 2.00. The van der Waals surface area contributed by atoms with E-state index in [1.165, 1.54) is 14.2 Å². The summed E-state index contributed by atoms with van der Waals surface area (Å²) in [4.78, 5) is 20.6. The van der Waals surface area contributed by atoms with Crippen molar-refractivity contribution in [2.75, 3.05) is 41.4 Å². The summed E-state index contributed by atoms with van der Waals surface area (Å²) in [5.41, 5.74) is 0. The predicted molar refractivity (Wildman–Crippen MR) is 62.3 cm³/mol. The van der Waals surface area contributed by atoms with E-state index >= 15 is 0 Å². The van der Waals surface area contributed by atoms with Crippen LogP contribution < -0.4 is 0 Å². The van der Waals surface area contributed by atoms with Gasteiger partial charge in [-0.25, -0.2) is 9.59 Å². The first-order valence-corrected chi connectivity index (χ1v) is 4.82. The molecular weight excluding hydrogens is 278 g/mol. The van der Waals surface area contributed by atoms with E-state index in [0.29, 0.717) is 0 Å². The number of rotatable bonds is 8. The summed E-state index contributed by atoms with van der Waals surface area (Å²) in [5, 5.41) is 0. The van der Waals surface area contributed by atoms with Gasteiger partial charge in [0.05, 0.1) is 0 Å². The molecule has 112 valence electrons. The number of hydrogen-bond acceptors (Lipinski definition) is 10. The number of hydrogen-bond donors (Lipinski definition) is 0. The molecular formula is C8H14B2O10. The van der Waals surface area contributed by atoms with Crippen LogP contribution in [0, 0.1) is 0 Å². The first kappa shape index (κ1) is 20.8. The topological polar surface area (TPSA) is 108 Å². The van der Waals surface area contributed by atoms with E-state index < -0.39 is 12.3 Å². The van der Waals surface area contributed by atoms with Gasteiger partial charge in [0.1, 0.15) is 0 Å². The second-order valence-corrected chi connectivity index (χ2v) is 2.46. The van der Waals surface area contributed by atoms with Gasteiger partial charge >= 0.3 is 12.3 Å².